The van der Waals surface area contributed by atoms with Gasteiger partial charge in [0.05, 0.1) is 22.4 Å². The number of fused-ring (bicyclic) bond motifs is 3. The summed E-state index contributed by atoms with van der Waals surface area (Å²) in [6, 6.07) is 45.0. The van der Waals surface area contributed by atoms with Gasteiger partial charge in [-0.15, -0.1) is 0 Å². The lowest BCUT2D eigenvalue weighted by Crippen LogP contribution is -2.01. The molecule has 0 saturated heterocycles. The first kappa shape index (κ1) is 28.3. The normalized spacial score (nSPS) is 11.4. The largest absolute Gasteiger partial charge is 0.253 e. The van der Waals surface area contributed by atoms with E-state index in [-0.39, 0.29) is 5.92 Å². The van der Waals surface area contributed by atoms with Crippen LogP contribution in [-0.4, -0.2) is 29.9 Å². The lowest BCUT2D eigenvalue weighted by Gasteiger charge is -2.15. The third-order valence-electron chi connectivity index (χ3n) is 8.34. The van der Waals surface area contributed by atoms with Gasteiger partial charge in [0.1, 0.15) is 5.69 Å². The van der Waals surface area contributed by atoms with Gasteiger partial charge in [0.25, 0.3) is 0 Å². The van der Waals surface area contributed by atoms with E-state index < -0.39 is 0 Å². The summed E-state index contributed by atoms with van der Waals surface area (Å²) in [6.45, 7) is 4.45. The summed E-state index contributed by atoms with van der Waals surface area (Å²) in [5.41, 5.74) is 9.36. The van der Waals surface area contributed by atoms with Gasteiger partial charge in [0.2, 0.25) is 0 Å². The highest BCUT2D eigenvalue weighted by Crippen LogP contribution is 2.35. The maximum Gasteiger partial charge on any atom is 0.182 e. The predicted molar refractivity (Wildman–Crippen MR) is 189 cm³/mol. The number of nitrogens with zero attached hydrogens (tertiary/aromatic N) is 6. The third kappa shape index (κ3) is 5.51. The molecule has 8 aromatic rings. The third-order valence-corrected chi connectivity index (χ3v) is 8.34. The minimum Gasteiger partial charge on any atom is -0.253 e. The minimum atomic E-state index is 0.287. The molecule has 6 nitrogen and oxygen atoms in total. The van der Waals surface area contributed by atoms with Crippen LogP contribution in [0.25, 0.3) is 78.6 Å². The molecule has 4 aromatic heterocycles. The topological polar surface area (TPSA) is 77.3 Å². The van der Waals surface area contributed by atoms with E-state index in [1.807, 2.05) is 78.9 Å². The average molecular weight is 607 g/mol. The molecule has 0 aliphatic heterocycles. The summed E-state index contributed by atoms with van der Waals surface area (Å²) in [6.07, 6.45) is 1.75. The lowest BCUT2D eigenvalue weighted by molar-refractivity contribution is 0.875. The second-order valence-electron chi connectivity index (χ2n) is 11.8. The van der Waals surface area contributed by atoms with Crippen LogP contribution in [0.5, 0.6) is 0 Å². The molecule has 0 saturated carbocycles. The molecular weight excluding hydrogens is 576 g/mol. The van der Waals surface area contributed by atoms with Gasteiger partial charge in [-0.2, -0.15) is 0 Å². The Bertz CT molecular complexity index is 2320. The number of hydrogen-bond acceptors (Lipinski definition) is 6. The van der Waals surface area contributed by atoms with Crippen molar-refractivity contribution in [2.45, 2.75) is 19.8 Å². The minimum absolute atomic E-state index is 0.287. The van der Waals surface area contributed by atoms with Crippen molar-refractivity contribution in [1.29, 1.82) is 0 Å². The SMILES string of the molecule is CC(C)c1cc(-c2cccc(-c3nc(-c4ccccc4)nc(-c4ccccn4)n3)c2)nc2c1ccc1ccc(-c3ccccc3)nc12. The van der Waals surface area contributed by atoms with Gasteiger partial charge in [0, 0.05) is 39.2 Å². The number of rotatable bonds is 6. The Morgan fingerprint density at radius 2 is 1.06 bits per heavy atom. The molecule has 0 atom stereocenters. The zero-order chi connectivity index (χ0) is 31.7. The first-order valence-electron chi connectivity index (χ1n) is 15.7. The molecule has 47 heavy (non-hydrogen) atoms. The van der Waals surface area contributed by atoms with E-state index in [9.17, 15) is 0 Å². The molecule has 8 rings (SSSR count). The van der Waals surface area contributed by atoms with Crippen molar-refractivity contribution in [2.75, 3.05) is 0 Å². The molecular formula is C41H30N6. The average Bonchev–Trinajstić information content (AvgIpc) is 3.15. The molecule has 224 valence electrons. The van der Waals surface area contributed by atoms with Crippen LogP contribution >= 0.6 is 0 Å². The number of aromatic nitrogens is 6. The molecule has 0 aliphatic carbocycles. The smallest absolute Gasteiger partial charge is 0.182 e. The van der Waals surface area contributed by atoms with Gasteiger partial charge < -0.3 is 0 Å². The van der Waals surface area contributed by atoms with Gasteiger partial charge in [0.15, 0.2) is 17.5 Å². The van der Waals surface area contributed by atoms with Gasteiger partial charge in [-0.1, -0.05) is 117 Å². The van der Waals surface area contributed by atoms with E-state index >= 15 is 0 Å². The highest BCUT2D eigenvalue weighted by molar-refractivity contribution is 6.05. The molecule has 0 N–H and O–H groups in total. The van der Waals surface area contributed by atoms with Crippen molar-refractivity contribution >= 4 is 21.8 Å². The lowest BCUT2D eigenvalue weighted by atomic mass is 9.94. The highest BCUT2D eigenvalue weighted by Gasteiger charge is 2.17. The van der Waals surface area contributed by atoms with Crippen LogP contribution in [-0.2, 0) is 0 Å². The molecule has 4 aromatic carbocycles. The zero-order valence-corrected chi connectivity index (χ0v) is 26.0. The van der Waals surface area contributed by atoms with Gasteiger partial charge in [-0.3, -0.25) is 4.98 Å². The Morgan fingerprint density at radius 3 is 1.81 bits per heavy atom. The molecule has 0 spiro atoms. The van der Waals surface area contributed by atoms with E-state index in [0.717, 1.165) is 55.4 Å². The van der Waals surface area contributed by atoms with Crippen LogP contribution in [0.2, 0.25) is 0 Å². The summed E-state index contributed by atoms with van der Waals surface area (Å²) in [4.78, 5) is 29.6. The maximum absolute atomic E-state index is 5.29. The standard InChI is InChI=1S/C41H30N6/c1-26(2)33-25-36(44-38-32(33)21-19-28-20-22-34(43-37(28)38)27-12-5-3-6-13-27)30-16-11-17-31(24-30)40-45-39(29-14-7-4-8-15-29)46-41(47-40)35-18-9-10-23-42-35/h3-26H,1-2H3. The van der Waals surface area contributed by atoms with Gasteiger partial charge in [-0.05, 0) is 41.8 Å². The summed E-state index contributed by atoms with van der Waals surface area (Å²) in [5.74, 6) is 1.98. The van der Waals surface area contributed by atoms with Crippen molar-refractivity contribution < 1.29 is 0 Å². The molecule has 6 heteroatoms. The van der Waals surface area contributed by atoms with Crippen molar-refractivity contribution in [3.63, 3.8) is 0 Å². The molecule has 0 fully saturated rings. The number of hydrogen-bond donors (Lipinski definition) is 0. The number of pyridine rings is 3. The maximum atomic E-state index is 5.29. The predicted octanol–water partition coefficient (Wildman–Crippen LogP) is 9.82. The second kappa shape index (κ2) is 12.0. The van der Waals surface area contributed by atoms with Crippen LogP contribution in [0.1, 0.15) is 25.3 Å². The molecule has 0 radical (unpaired) electrons. The Balaban J connectivity index is 1.30. The van der Waals surface area contributed by atoms with E-state index in [1.165, 1.54) is 5.56 Å². The summed E-state index contributed by atoms with van der Waals surface area (Å²) in [7, 11) is 0. The second-order valence-corrected chi connectivity index (χ2v) is 11.8. The van der Waals surface area contributed by atoms with Crippen LogP contribution in [0.15, 0.2) is 140 Å². The van der Waals surface area contributed by atoms with Crippen LogP contribution < -0.4 is 0 Å². The Labute approximate surface area is 272 Å². The number of benzene rings is 4. The van der Waals surface area contributed by atoms with Crippen molar-refractivity contribution in [2.24, 2.45) is 0 Å². The first-order valence-corrected chi connectivity index (χ1v) is 15.7. The monoisotopic (exact) mass is 606 g/mol. The Kier molecular flexibility index (Phi) is 7.23. The van der Waals surface area contributed by atoms with Gasteiger partial charge in [-0.25, -0.2) is 24.9 Å². The summed E-state index contributed by atoms with van der Waals surface area (Å²) >= 11 is 0. The molecule has 0 amide bonds. The highest BCUT2D eigenvalue weighted by atomic mass is 15.0. The van der Waals surface area contributed by atoms with Crippen molar-refractivity contribution in [3.05, 3.63) is 145 Å². The first-order chi connectivity index (χ1) is 23.1. The fourth-order valence-electron chi connectivity index (χ4n) is 5.94. The zero-order valence-electron chi connectivity index (χ0n) is 26.0. The van der Waals surface area contributed by atoms with Gasteiger partial charge >= 0.3 is 0 Å². The molecule has 0 bridgehead atoms. The van der Waals surface area contributed by atoms with E-state index in [1.54, 1.807) is 6.20 Å². The van der Waals surface area contributed by atoms with E-state index in [4.69, 9.17) is 24.9 Å². The van der Waals surface area contributed by atoms with Crippen molar-refractivity contribution in [3.8, 4) is 56.8 Å². The molecule has 0 unspecified atom stereocenters. The van der Waals surface area contributed by atoms with Crippen LogP contribution in [0.3, 0.4) is 0 Å². The Hall–Kier alpha value is -6.14. The molecule has 4 heterocycles. The van der Waals surface area contributed by atoms with E-state index in [0.29, 0.717) is 23.2 Å². The summed E-state index contributed by atoms with van der Waals surface area (Å²) in [5, 5.41) is 2.18. The fourth-order valence-corrected chi connectivity index (χ4v) is 5.94. The van der Waals surface area contributed by atoms with Crippen LogP contribution in [0.4, 0.5) is 0 Å². The van der Waals surface area contributed by atoms with Crippen LogP contribution in [0, 0.1) is 0 Å². The quantitative estimate of drug-likeness (QED) is 0.175. The van der Waals surface area contributed by atoms with E-state index in [2.05, 4.69) is 73.4 Å². The fraction of sp³-hybridized carbons (Fsp3) is 0.0732. The summed E-state index contributed by atoms with van der Waals surface area (Å²) < 4.78 is 0. The van der Waals surface area contributed by atoms with Crippen molar-refractivity contribution in [1.82, 2.24) is 29.9 Å². The Morgan fingerprint density at radius 1 is 0.426 bits per heavy atom. The molecule has 0 aliphatic rings.